The van der Waals surface area contributed by atoms with Gasteiger partial charge in [0.1, 0.15) is 48.8 Å². The number of aromatic amines is 1. The molecule has 2 saturated heterocycles. The summed E-state index contributed by atoms with van der Waals surface area (Å²) in [4.78, 5) is 53.2. The number of nitrogens with one attached hydrogen (secondary N) is 1. The van der Waals surface area contributed by atoms with Gasteiger partial charge in [-0.25, -0.2) is 24.3 Å². The summed E-state index contributed by atoms with van der Waals surface area (Å²) in [5.74, 6) is 0.0426. The molecule has 5 heterocycles. The maximum absolute atomic E-state index is 13.0. The number of aliphatic hydroxyl groups excluding tert-OH is 2. The van der Waals surface area contributed by atoms with Crippen LogP contribution in [0, 0.1) is 6.92 Å². The molecule has 2 fully saturated rings. The van der Waals surface area contributed by atoms with Crippen LogP contribution in [0.25, 0.3) is 11.2 Å². The highest BCUT2D eigenvalue weighted by atomic mass is 31.2. The number of hydrogen-bond donors (Lipinski definition) is 5. The summed E-state index contributed by atoms with van der Waals surface area (Å²) >= 11 is 0. The molecule has 20 nitrogen and oxygen atoms in total. The molecular formula is C21H29N8O12P. The first-order chi connectivity index (χ1) is 20.0. The molecule has 6 N–H and O–H groups in total. The predicted molar refractivity (Wildman–Crippen MR) is 137 cm³/mol. The number of fused-ring (bicyclic) bond motifs is 1. The Morgan fingerprint density at radius 1 is 1.05 bits per heavy atom. The van der Waals surface area contributed by atoms with E-state index in [0.717, 1.165) is 10.9 Å². The summed E-state index contributed by atoms with van der Waals surface area (Å²) in [6.07, 6.45) is -7.31. The number of ether oxygens (including phenoxy) is 4. The number of phosphoric ester groups is 1. The first-order valence-electron chi connectivity index (χ1n) is 12.4. The van der Waals surface area contributed by atoms with Crippen molar-refractivity contribution >= 4 is 24.9 Å². The molecular weight excluding hydrogens is 587 g/mol. The Kier molecular flexibility index (Phi) is 8.54. The Morgan fingerprint density at radius 3 is 2.38 bits per heavy atom. The largest absolute Gasteiger partial charge is 0.472 e. The van der Waals surface area contributed by atoms with Crippen LogP contribution in [0.3, 0.4) is 0 Å². The van der Waals surface area contributed by atoms with E-state index in [0.29, 0.717) is 5.82 Å². The lowest BCUT2D eigenvalue weighted by Gasteiger charge is -2.25. The van der Waals surface area contributed by atoms with Crippen LogP contribution in [-0.2, 0) is 32.6 Å². The molecule has 230 valence electrons. The number of H-pyrrole nitrogens is 1. The van der Waals surface area contributed by atoms with Crippen LogP contribution < -0.4 is 17.0 Å². The van der Waals surface area contributed by atoms with Gasteiger partial charge in [-0.3, -0.25) is 23.0 Å². The van der Waals surface area contributed by atoms with E-state index in [9.17, 15) is 29.3 Å². The molecule has 0 aliphatic carbocycles. The van der Waals surface area contributed by atoms with Gasteiger partial charge in [0.2, 0.25) is 5.95 Å². The van der Waals surface area contributed by atoms with Crippen LogP contribution >= 0.6 is 7.82 Å². The smallest absolute Gasteiger partial charge is 0.394 e. The van der Waals surface area contributed by atoms with Gasteiger partial charge in [-0.15, -0.1) is 0 Å². The molecule has 0 spiro atoms. The van der Waals surface area contributed by atoms with E-state index in [1.54, 1.807) is 6.92 Å². The third kappa shape index (κ3) is 5.61. The number of anilines is 1. The molecule has 21 heteroatoms. The molecule has 0 amide bonds. The summed E-state index contributed by atoms with van der Waals surface area (Å²) in [5, 5.41) is 20.7. The molecule has 0 radical (unpaired) electrons. The standard InChI is InChI=1S/C21H29N8O12P/c1-8-25-16-11(17(32)26-8)23-6-28(16)19-15(37-3)13(9(4-30)39-19)41-42(34,35)38-5-10-12(31)14(36-2)18(40-10)29-7-24-20(22)27-21(29)33/h6-7,9-10,12-15,18-19,30-31H,4-5H2,1-3H3,(H,34,35)(H2,22,27,33)(H,25,26,32)/t9-,10-,12?,13?,14+,15+,18-,19-/m1/s1. The number of aromatic nitrogens is 7. The van der Waals surface area contributed by atoms with E-state index < -0.39 is 81.4 Å². The lowest BCUT2D eigenvalue weighted by atomic mass is 10.1. The highest BCUT2D eigenvalue weighted by Crippen LogP contribution is 2.49. The lowest BCUT2D eigenvalue weighted by molar-refractivity contribution is -0.0665. The van der Waals surface area contributed by atoms with Crippen LogP contribution in [0.4, 0.5) is 5.95 Å². The van der Waals surface area contributed by atoms with Crippen molar-refractivity contribution in [1.82, 2.24) is 34.1 Å². The fourth-order valence-electron chi connectivity index (χ4n) is 4.90. The number of aryl methyl sites for hydroxylation is 1. The number of rotatable bonds is 10. The SMILES string of the molecule is CO[C@H]1C(O)[C@@H](COP(=O)(O)OC2[C@@H](CO)O[C@@H](n3cnc4c(=O)[nH]c(C)nc43)[C@H]2OC)O[C@H]1n1cnc(N)nc1=O. The average Bonchev–Trinajstić information content (AvgIpc) is 3.60. The van der Waals surface area contributed by atoms with Gasteiger partial charge in [0.05, 0.1) is 19.5 Å². The van der Waals surface area contributed by atoms with Gasteiger partial charge in [0.25, 0.3) is 5.56 Å². The van der Waals surface area contributed by atoms with Gasteiger partial charge in [0, 0.05) is 14.2 Å². The van der Waals surface area contributed by atoms with Crippen molar-refractivity contribution < 1.29 is 47.7 Å². The second kappa shape index (κ2) is 11.8. The maximum Gasteiger partial charge on any atom is 0.472 e. The van der Waals surface area contributed by atoms with Crippen LogP contribution in [0.5, 0.6) is 0 Å². The molecule has 5 rings (SSSR count). The Balaban J connectivity index is 1.31. The van der Waals surface area contributed by atoms with Crippen LogP contribution in [0.2, 0.25) is 0 Å². The lowest BCUT2D eigenvalue weighted by Crippen LogP contribution is -2.38. The molecule has 2 aliphatic rings. The van der Waals surface area contributed by atoms with Crippen LogP contribution in [0.1, 0.15) is 18.3 Å². The minimum Gasteiger partial charge on any atom is -0.394 e. The Hall–Kier alpha value is -3.17. The molecule has 9 atom stereocenters. The molecule has 3 aromatic rings. The summed E-state index contributed by atoms with van der Waals surface area (Å²) in [6.45, 7) is 0.264. The highest BCUT2D eigenvalue weighted by Gasteiger charge is 2.51. The molecule has 3 aromatic heterocycles. The van der Waals surface area contributed by atoms with Gasteiger partial charge in [0.15, 0.2) is 23.6 Å². The number of nitrogens with two attached hydrogens (primary N) is 1. The van der Waals surface area contributed by atoms with Crippen molar-refractivity contribution in [3.63, 3.8) is 0 Å². The second-order valence-corrected chi connectivity index (χ2v) is 10.8. The van der Waals surface area contributed by atoms with E-state index in [1.165, 1.54) is 25.1 Å². The number of nitrogen functional groups attached to an aromatic ring is 1. The van der Waals surface area contributed by atoms with Crippen molar-refractivity contribution in [2.24, 2.45) is 0 Å². The van der Waals surface area contributed by atoms with E-state index in [1.807, 2.05) is 0 Å². The van der Waals surface area contributed by atoms with Gasteiger partial charge >= 0.3 is 13.5 Å². The molecule has 0 bridgehead atoms. The Morgan fingerprint density at radius 2 is 1.71 bits per heavy atom. The number of phosphoric acid groups is 1. The van der Waals surface area contributed by atoms with E-state index >= 15 is 0 Å². The van der Waals surface area contributed by atoms with Crippen molar-refractivity contribution in [3.8, 4) is 0 Å². The third-order valence-electron chi connectivity index (χ3n) is 6.82. The number of aliphatic hydroxyl groups is 2. The van der Waals surface area contributed by atoms with Gasteiger partial charge < -0.3 is 44.8 Å². The highest BCUT2D eigenvalue weighted by molar-refractivity contribution is 7.47. The normalized spacial score (nSPS) is 31.1. The zero-order valence-electron chi connectivity index (χ0n) is 22.4. The predicted octanol–water partition coefficient (Wildman–Crippen LogP) is -2.66. The number of hydrogen-bond acceptors (Lipinski definition) is 16. The Bertz CT molecular complexity index is 1600. The molecule has 0 aromatic carbocycles. The molecule has 42 heavy (non-hydrogen) atoms. The van der Waals surface area contributed by atoms with Crippen molar-refractivity contribution in [2.45, 2.75) is 56.0 Å². The van der Waals surface area contributed by atoms with Crippen molar-refractivity contribution in [3.05, 3.63) is 39.3 Å². The van der Waals surface area contributed by atoms with Crippen molar-refractivity contribution in [2.75, 3.05) is 33.2 Å². The molecule has 0 saturated carbocycles. The van der Waals surface area contributed by atoms with Crippen LogP contribution in [-0.4, -0.2) is 113 Å². The zero-order valence-corrected chi connectivity index (χ0v) is 23.3. The molecule has 3 unspecified atom stereocenters. The van der Waals surface area contributed by atoms with Crippen molar-refractivity contribution in [1.29, 1.82) is 0 Å². The number of nitrogens with zero attached hydrogens (tertiary/aromatic N) is 6. The summed E-state index contributed by atoms with van der Waals surface area (Å²) in [7, 11) is -2.37. The summed E-state index contributed by atoms with van der Waals surface area (Å²) in [6, 6.07) is 0. The maximum atomic E-state index is 13.0. The summed E-state index contributed by atoms with van der Waals surface area (Å²) < 4.78 is 48.2. The number of imidazole rings is 1. The monoisotopic (exact) mass is 616 g/mol. The average molecular weight is 616 g/mol. The quantitative estimate of drug-likeness (QED) is 0.145. The third-order valence-corrected chi connectivity index (χ3v) is 7.81. The van der Waals surface area contributed by atoms with E-state index in [-0.39, 0.29) is 17.1 Å². The van der Waals surface area contributed by atoms with E-state index in [2.05, 4.69) is 24.9 Å². The Labute approximate surface area is 235 Å². The number of methoxy groups -OCH3 is 2. The zero-order chi connectivity index (χ0) is 30.3. The fourth-order valence-corrected chi connectivity index (χ4v) is 5.86. The first kappa shape index (κ1) is 30.3. The van der Waals surface area contributed by atoms with E-state index in [4.69, 9.17) is 33.7 Å². The second-order valence-electron chi connectivity index (χ2n) is 9.42. The molecule has 2 aliphatic heterocycles. The topological polar surface area (TPSA) is 271 Å². The van der Waals surface area contributed by atoms with Gasteiger partial charge in [-0.2, -0.15) is 4.98 Å². The minimum absolute atomic E-state index is 0.0238. The van der Waals surface area contributed by atoms with Crippen LogP contribution in [0.15, 0.2) is 22.2 Å². The summed E-state index contributed by atoms with van der Waals surface area (Å²) in [5.41, 5.74) is 4.30. The fraction of sp³-hybridized carbons (Fsp3) is 0.619. The first-order valence-corrected chi connectivity index (χ1v) is 13.9. The van der Waals surface area contributed by atoms with Gasteiger partial charge in [-0.05, 0) is 6.92 Å². The van der Waals surface area contributed by atoms with Gasteiger partial charge in [-0.1, -0.05) is 0 Å². The minimum atomic E-state index is -4.93.